The quantitative estimate of drug-likeness (QED) is 0.307. The van der Waals surface area contributed by atoms with Crippen molar-refractivity contribution in [1.82, 2.24) is 0 Å². The summed E-state index contributed by atoms with van der Waals surface area (Å²) in [5.41, 5.74) is 0. The Morgan fingerprint density at radius 2 is 1.88 bits per heavy atom. The van der Waals surface area contributed by atoms with Crippen molar-refractivity contribution in [2.75, 3.05) is 6.61 Å². The molecule has 0 amide bonds. The van der Waals surface area contributed by atoms with E-state index in [2.05, 4.69) is 6.92 Å². The molecule has 0 unspecified atom stereocenters. The molecule has 0 N–H and O–H groups in total. The highest BCUT2D eigenvalue weighted by molar-refractivity contribution is 5.64. The Bertz CT molecular complexity index is 328. The van der Waals surface area contributed by atoms with Crippen LogP contribution in [-0.4, -0.2) is 12.9 Å². The minimum absolute atomic E-state index is 0.669. The van der Waals surface area contributed by atoms with Crippen molar-refractivity contribution in [2.24, 2.45) is 0 Å². The molecule has 1 aromatic carbocycles. The first kappa shape index (κ1) is 12.3. The third-order valence-electron chi connectivity index (χ3n) is 1.95. The Balaban J connectivity index is 2.41. The van der Waals surface area contributed by atoms with Crippen LogP contribution in [0, 0.1) is 0 Å². The van der Waals surface area contributed by atoms with Crippen LogP contribution in [0.1, 0.15) is 19.8 Å². The molecular formula is C13H16O3. The molecular weight excluding hydrogens is 204 g/mol. The number of carbonyl (C=O) groups is 1. The summed E-state index contributed by atoms with van der Waals surface area (Å²) < 4.78 is 10.7. The highest BCUT2D eigenvalue weighted by atomic mass is 16.5. The third kappa shape index (κ3) is 4.64. The maximum absolute atomic E-state index is 10.0. The number of benzene rings is 1. The Morgan fingerprint density at radius 1 is 1.19 bits per heavy atom. The molecule has 1 aromatic rings. The van der Waals surface area contributed by atoms with Crippen LogP contribution in [0.2, 0.25) is 0 Å². The zero-order valence-electron chi connectivity index (χ0n) is 9.39. The summed E-state index contributed by atoms with van der Waals surface area (Å²) in [7, 11) is 0. The summed E-state index contributed by atoms with van der Waals surface area (Å²) in [5.74, 6) is 1.51. The Kier molecular flexibility index (Phi) is 5.78. The molecule has 16 heavy (non-hydrogen) atoms. The standard InChI is InChI=1S/C13H16O3/c1-2-3-10-15-12-5-7-13(8-6-12)16-11-4-9-14/h4-9,11H,2-3,10H2,1H3/b11-4+. The highest BCUT2D eigenvalue weighted by Crippen LogP contribution is 2.17. The van der Waals surface area contributed by atoms with Gasteiger partial charge in [0, 0.05) is 6.08 Å². The molecule has 0 saturated carbocycles. The molecule has 0 radical (unpaired) electrons. The van der Waals surface area contributed by atoms with E-state index in [1.54, 1.807) is 12.1 Å². The van der Waals surface area contributed by atoms with E-state index in [4.69, 9.17) is 9.47 Å². The maximum Gasteiger partial charge on any atom is 0.145 e. The first-order valence-corrected chi connectivity index (χ1v) is 5.36. The topological polar surface area (TPSA) is 35.5 Å². The van der Waals surface area contributed by atoms with Crippen LogP contribution >= 0.6 is 0 Å². The van der Waals surface area contributed by atoms with Crippen molar-refractivity contribution in [3.63, 3.8) is 0 Å². The fourth-order valence-electron chi connectivity index (χ4n) is 1.10. The van der Waals surface area contributed by atoms with Crippen molar-refractivity contribution in [2.45, 2.75) is 19.8 Å². The van der Waals surface area contributed by atoms with Gasteiger partial charge in [0.2, 0.25) is 0 Å². The van der Waals surface area contributed by atoms with Gasteiger partial charge in [-0.05, 0) is 30.7 Å². The van der Waals surface area contributed by atoms with Crippen LogP contribution < -0.4 is 9.47 Å². The fourth-order valence-corrected chi connectivity index (χ4v) is 1.10. The molecule has 3 nitrogen and oxygen atoms in total. The summed E-state index contributed by atoms with van der Waals surface area (Å²) in [6.07, 6.45) is 5.49. The first-order valence-electron chi connectivity index (χ1n) is 5.36. The third-order valence-corrected chi connectivity index (χ3v) is 1.95. The zero-order chi connectivity index (χ0) is 11.6. The average Bonchev–Trinajstić information content (AvgIpc) is 2.32. The molecule has 3 heteroatoms. The van der Waals surface area contributed by atoms with Crippen LogP contribution in [0.15, 0.2) is 36.6 Å². The smallest absolute Gasteiger partial charge is 0.145 e. The molecule has 0 fully saturated rings. The van der Waals surface area contributed by atoms with Crippen LogP contribution in [0.5, 0.6) is 11.5 Å². The van der Waals surface area contributed by atoms with Gasteiger partial charge >= 0.3 is 0 Å². The van der Waals surface area contributed by atoms with Crippen molar-refractivity contribution in [1.29, 1.82) is 0 Å². The maximum atomic E-state index is 10.0. The van der Waals surface area contributed by atoms with E-state index in [-0.39, 0.29) is 0 Å². The molecule has 0 aliphatic heterocycles. The molecule has 86 valence electrons. The van der Waals surface area contributed by atoms with E-state index in [1.807, 2.05) is 12.1 Å². The van der Waals surface area contributed by atoms with Gasteiger partial charge in [-0.15, -0.1) is 0 Å². The van der Waals surface area contributed by atoms with Gasteiger partial charge in [-0.2, -0.15) is 0 Å². The average molecular weight is 220 g/mol. The van der Waals surface area contributed by atoms with E-state index < -0.39 is 0 Å². The molecule has 0 atom stereocenters. The number of hydrogen-bond donors (Lipinski definition) is 0. The summed E-state index contributed by atoms with van der Waals surface area (Å²) >= 11 is 0. The predicted octanol–water partition coefficient (Wildman–Crippen LogP) is 2.96. The number of ether oxygens (including phenoxy) is 2. The second kappa shape index (κ2) is 7.51. The number of allylic oxidation sites excluding steroid dienone is 1. The van der Waals surface area contributed by atoms with Gasteiger partial charge in [0.05, 0.1) is 12.9 Å². The minimum Gasteiger partial charge on any atom is -0.494 e. The molecule has 1 rings (SSSR count). The lowest BCUT2D eigenvalue weighted by Crippen LogP contribution is -1.95. The van der Waals surface area contributed by atoms with E-state index >= 15 is 0 Å². The van der Waals surface area contributed by atoms with E-state index in [1.165, 1.54) is 12.3 Å². The van der Waals surface area contributed by atoms with Gasteiger partial charge in [0.15, 0.2) is 0 Å². The van der Waals surface area contributed by atoms with Gasteiger partial charge in [0.1, 0.15) is 17.8 Å². The highest BCUT2D eigenvalue weighted by Gasteiger charge is 1.94. The minimum atomic E-state index is 0.669. The normalized spacial score (nSPS) is 10.3. The summed E-state index contributed by atoms with van der Waals surface area (Å²) in [5, 5.41) is 0. The van der Waals surface area contributed by atoms with Gasteiger partial charge in [-0.25, -0.2) is 0 Å². The summed E-state index contributed by atoms with van der Waals surface area (Å²) in [6.45, 7) is 2.86. The SMILES string of the molecule is CCCCOc1ccc(O/C=C/C=O)cc1. The van der Waals surface area contributed by atoms with Crippen LogP contribution in [0.3, 0.4) is 0 Å². The molecule has 0 aromatic heterocycles. The first-order chi connectivity index (χ1) is 7.86. The number of aldehydes is 1. The van der Waals surface area contributed by atoms with Gasteiger partial charge in [-0.3, -0.25) is 4.79 Å². The monoisotopic (exact) mass is 220 g/mol. The van der Waals surface area contributed by atoms with Crippen molar-refractivity contribution in [3.8, 4) is 11.5 Å². The number of rotatable bonds is 7. The predicted molar refractivity (Wildman–Crippen MR) is 62.7 cm³/mol. The zero-order valence-corrected chi connectivity index (χ0v) is 9.39. The van der Waals surface area contributed by atoms with Crippen LogP contribution in [0.25, 0.3) is 0 Å². The fraction of sp³-hybridized carbons (Fsp3) is 0.308. The second-order valence-corrected chi connectivity index (χ2v) is 3.26. The number of carbonyl (C=O) groups excluding carboxylic acids is 1. The molecule has 0 spiro atoms. The molecule has 0 bridgehead atoms. The lowest BCUT2D eigenvalue weighted by molar-refractivity contribution is -0.104. The van der Waals surface area contributed by atoms with Gasteiger partial charge < -0.3 is 9.47 Å². The number of unbranched alkanes of at least 4 members (excludes halogenated alkanes) is 1. The summed E-state index contributed by atoms with van der Waals surface area (Å²) in [6, 6.07) is 7.30. The molecule has 0 aliphatic rings. The lowest BCUT2D eigenvalue weighted by atomic mass is 10.3. The van der Waals surface area contributed by atoms with Crippen LogP contribution in [-0.2, 0) is 4.79 Å². The van der Waals surface area contributed by atoms with E-state index in [0.29, 0.717) is 12.0 Å². The number of hydrogen-bond acceptors (Lipinski definition) is 3. The van der Waals surface area contributed by atoms with E-state index in [0.717, 1.165) is 25.2 Å². The Labute approximate surface area is 95.7 Å². The Hall–Kier alpha value is -1.77. The van der Waals surface area contributed by atoms with E-state index in [9.17, 15) is 4.79 Å². The lowest BCUT2D eigenvalue weighted by Gasteiger charge is -2.05. The van der Waals surface area contributed by atoms with Crippen molar-refractivity contribution in [3.05, 3.63) is 36.6 Å². The van der Waals surface area contributed by atoms with Crippen molar-refractivity contribution < 1.29 is 14.3 Å². The second-order valence-electron chi connectivity index (χ2n) is 3.26. The Morgan fingerprint density at radius 3 is 2.50 bits per heavy atom. The summed E-state index contributed by atoms with van der Waals surface area (Å²) in [4.78, 5) is 10.0. The largest absolute Gasteiger partial charge is 0.494 e. The molecule has 0 heterocycles. The molecule has 0 saturated heterocycles. The molecule has 0 aliphatic carbocycles. The van der Waals surface area contributed by atoms with Gasteiger partial charge in [-0.1, -0.05) is 13.3 Å². The van der Waals surface area contributed by atoms with Crippen molar-refractivity contribution >= 4 is 6.29 Å². The van der Waals surface area contributed by atoms with Gasteiger partial charge in [0.25, 0.3) is 0 Å². The van der Waals surface area contributed by atoms with Crippen LogP contribution in [0.4, 0.5) is 0 Å².